The van der Waals surface area contributed by atoms with Crippen molar-refractivity contribution in [3.63, 3.8) is 0 Å². The van der Waals surface area contributed by atoms with Crippen LogP contribution >= 0.6 is 0 Å². The van der Waals surface area contributed by atoms with Gasteiger partial charge in [-0.2, -0.15) is 0 Å². The topological polar surface area (TPSA) is 116 Å². The molecule has 2 unspecified atom stereocenters. The molecule has 2 saturated heterocycles. The molecule has 2 fully saturated rings. The lowest BCUT2D eigenvalue weighted by Gasteiger charge is -2.45. The fraction of sp³-hybridized carbons (Fsp3) is 0.407. The molecule has 11 nitrogen and oxygen atoms in total. The zero-order valence-corrected chi connectivity index (χ0v) is 21.6. The Morgan fingerprint density at radius 3 is 2.38 bits per heavy atom. The molecule has 2 atom stereocenters. The Labute approximate surface area is 224 Å². The molecular formula is C27H28FN6O5-. The van der Waals surface area contributed by atoms with Crippen LogP contribution in [0, 0.1) is 5.82 Å². The van der Waals surface area contributed by atoms with Crippen molar-refractivity contribution in [3.05, 3.63) is 71.3 Å². The molecule has 0 aliphatic carbocycles. The Morgan fingerprint density at radius 2 is 1.77 bits per heavy atom. The maximum absolute atomic E-state index is 15.2. The highest BCUT2D eigenvalue weighted by atomic mass is 19.1. The highest BCUT2D eigenvalue weighted by Gasteiger charge is 2.37. The van der Waals surface area contributed by atoms with Crippen LogP contribution in [0.25, 0.3) is 5.69 Å². The second-order valence-electron chi connectivity index (χ2n) is 10.3. The number of hydrogen-bond donors (Lipinski definition) is 0. The van der Waals surface area contributed by atoms with Crippen LogP contribution in [0.4, 0.5) is 10.1 Å². The summed E-state index contributed by atoms with van der Waals surface area (Å²) in [4.78, 5) is 30.1. The van der Waals surface area contributed by atoms with Crippen molar-refractivity contribution in [2.45, 2.75) is 38.5 Å². The van der Waals surface area contributed by atoms with E-state index in [0.717, 1.165) is 4.90 Å². The standard InChI is InChI=1S/C27H28FN6O5/c1-27(2)38-16-23(39-27)26(37)32-11-9-31(10-12-32)22-8-7-18(13-21(22)28)34-15-17(29-30-34)14-33-24(35)19-5-3-4-6-20(19)25(33)36/h3-8,13,15,23,26H,9-12,14,16H2,1-2H3/q-1. The maximum atomic E-state index is 15.2. The van der Waals surface area contributed by atoms with Crippen molar-refractivity contribution in [1.29, 1.82) is 0 Å². The summed E-state index contributed by atoms with van der Waals surface area (Å²) in [6.07, 6.45) is -0.00326. The highest BCUT2D eigenvalue weighted by Crippen LogP contribution is 2.28. The molecule has 3 aliphatic heterocycles. The van der Waals surface area contributed by atoms with Crippen molar-refractivity contribution >= 4 is 17.5 Å². The van der Waals surface area contributed by atoms with Gasteiger partial charge < -0.3 is 24.4 Å². The van der Waals surface area contributed by atoms with Gasteiger partial charge in [0.15, 0.2) is 5.79 Å². The molecule has 3 aliphatic rings. The van der Waals surface area contributed by atoms with Crippen LogP contribution in [0.15, 0.2) is 48.7 Å². The SMILES string of the molecule is CC1(C)OCC(C([O-])N2CCN(c3ccc(-n4cc(CN5C(=O)c6ccccc6C5=O)nn4)cc3F)CC2)O1. The summed E-state index contributed by atoms with van der Waals surface area (Å²) in [6, 6.07) is 11.4. The first-order chi connectivity index (χ1) is 18.7. The van der Waals surface area contributed by atoms with Gasteiger partial charge in [-0.25, -0.2) is 9.07 Å². The molecular weight excluding hydrogens is 507 g/mol. The van der Waals surface area contributed by atoms with Crippen molar-refractivity contribution in [3.8, 4) is 5.69 Å². The van der Waals surface area contributed by atoms with Crippen molar-refractivity contribution in [1.82, 2.24) is 24.8 Å². The van der Waals surface area contributed by atoms with Gasteiger partial charge in [-0.15, -0.1) is 5.10 Å². The number of hydrogen-bond acceptors (Lipinski definition) is 9. The molecule has 3 aromatic rings. The van der Waals surface area contributed by atoms with Crippen molar-refractivity contribution in [2.24, 2.45) is 0 Å². The largest absolute Gasteiger partial charge is 0.839 e. The van der Waals surface area contributed by atoms with Crippen LogP contribution in [-0.4, -0.2) is 87.5 Å². The Hall–Kier alpha value is -3.71. The van der Waals surface area contributed by atoms with Gasteiger partial charge in [-0.3, -0.25) is 14.5 Å². The number of aromatic nitrogens is 3. The quantitative estimate of drug-likeness (QED) is 0.429. The van der Waals surface area contributed by atoms with Gasteiger partial charge >= 0.3 is 0 Å². The van der Waals surface area contributed by atoms with E-state index in [1.165, 1.54) is 10.7 Å². The number of carbonyl (C=O) groups is 2. The number of rotatable bonds is 6. The summed E-state index contributed by atoms with van der Waals surface area (Å²) < 4.78 is 27.8. The van der Waals surface area contributed by atoms with Gasteiger partial charge in [0.2, 0.25) is 0 Å². The summed E-state index contributed by atoms with van der Waals surface area (Å²) in [6.45, 7) is 5.78. The zero-order valence-electron chi connectivity index (χ0n) is 21.6. The lowest BCUT2D eigenvalue weighted by Crippen LogP contribution is -2.59. The van der Waals surface area contributed by atoms with E-state index in [4.69, 9.17) is 9.47 Å². The van der Waals surface area contributed by atoms with E-state index in [2.05, 4.69) is 10.3 Å². The number of piperazine rings is 1. The lowest BCUT2D eigenvalue weighted by atomic mass is 10.1. The third-order valence-electron chi connectivity index (χ3n) is 7.30. The molecule has 1 aromatic heterocycles. The normalized spacial score (nSPS) is 22.0. The number of benzene rings is 2. The monoisotopic (exact) mass is 535 g/mol. The number of anilines is 1. The first-order valence-corrected chi connectivity index (χ1v) is 12.8. The summed E-state index contributed by atoms with van der Waals surface area (Å²) in [7, 11) is 0. The molecule has 0 radical (unpaired) electrons. The Kier molecular flexibility index (Phi) is 6.42. The summed E-state index contributed by atoms with van der Waals surface area (Å²) in [5, 5.41) is 21.0. The molecule has 204 valence electrons. The third-order valence-corrected chi connectivity index (χ3v) is 7.30. The first kappa shape index (κ1) is 25.6. The molecule has 39 heavy (non-hydrogen) atoms. The second kappa shape index (κ2) is 9.79. The third kappa shape index (κ3) is 4.80. The number of ether oxygens (including phenoxy) is 2. The summed E-state index contributed by atoms with van der Waals surface area (Å²) in [5.41, 5.74) is 2.02. The molecule has 0 saturated carbocycles. The molecule has 4 heterocycles. The van der Waals surface area contributed by atoms with Crippen LogP contribution in [-0.2, 0) is 16.0 Å². The molecule has 6 rings (SSSR count). The van der Waals surface area contributed by atoms with E-state index in [1.807, 2.05) is 9.80 Å². The van der Waals surface area contributed by atoms with Crippen molar-refractivity contribution in [2.75, 3.05) is 37.7 Å². The van der Waals surface area contributed by atoms with Crippen LogP contribution in [0.1, 0.15) is 40.3 Å². The first-order valence-electron chi connectivity index (χ1n) is 12.8. The number of halogens is 1. The molecule has 2 amide bonds. The van der Waals surface area contributed by atoms with Gasteiger partial charge in [0.1, 0.15) is 11.5 Å². The summed E-state index contributed by atoms with van der Waals surface area (Å²) in [5.74, 6) is -1.93. The summed E-state index contributed by atoms with van der Waals surface area (Å²) >= 11 is 0. The minimum absolute atomic E-state index is 0.0343. The molecule has 0 N–H and O–H groups in total. The molecule has 12 heteroatoms. The number of carbonyl (C=O) groups excluding carboxylic acids is 2. The Morgan fingerprint density at radius 1 is 1.08 bits per heavy atom. The van der Waals surface area contributed by atoms with E-state index >= 15 is 4.39 Å². The lowest BCUT2D eigenvalue weighted by molar-refractivity contribution is -0.476. The number of nitrogens with zero attached hydrogens (tertiary/aromatic N) is 6. The van der Waals surface area contributed by atoms with Crippen LogP contribution in [0.5, 0.6) is 0 Å². The average Bonchev–Trinajstić information content (AvgIpc) is 3.62. The van der Waals surface area contributed by atoms with Crippen LogP contribution < -0.4 is 10.0 Å². The molecule has 0 spiro atoms. The van der Waals surface area contributed by atoms with Gasteiger partial charge in [-0.1, -0.05) is 17.3 Å². The van der Waals surface area contributed by atoms with E-state index < -0.39 is 23.9 Å². The van der Waals surface area contributed by atoms with E-state index in [1.54, 1.807) is 56.4 Å². The van der Waals surface area contributed by atoms with E-state index in [0.29, 0.717) is 54.4 Å². The fourth-order valence-electron chi connectivity index (χ4n) is 5.24. The van der Waals surface area contributed by atoms with Gasteiger partial charge in [0.25, 0.3) is 11.8 Å². The fourth-order valence-corrected chi connectivity index (χ4v) is 5.24. The van der Waals surface area contributed by atoms with Gasteiger partial charge in [-0.05, 0) is 44.3 Å². The smallest absolute Gasteiger partial charge is 0.261 e. The second-order valence-corrected chi connectivity index (χ2v) is 10.3. The van der Waals surface area contributed by atoms with Crippen LogP contribution in [0.2, 0.25) is 0 Å². The van der Waals surface area contributed by atoms with E-state index in [-0.39, 0.29) is 25.0 Å². The number of fused-ring (bicyclic) bond motifs is 1. The highest BCUT2D eigenvalue weighted by molar-refractivity contribution is 6.21. The number of amides is 2. The van der Waals surface area contributed by atoms with Gasteiger partial charge in [0, 0.05) is 32.2 Å². The zero-order chi connectivity index (χ0) is 27.3. The molecule has 2 aromatic carbocycles. The minimum atomic E-state index is -1.04. The van der Waals surface area contributed by atoms with Crippen molar-refractivity contribution < 1.29 is 28.6 Å². The Balaban J connectivity index is 1.09. The number of imide groups is 1. The molecule has 0 bridgehead atoms. The Bertz CT molecular complexity index is 1380. The predicted molar refractivity (Wildman–Crippen MR) is 134 cm³/mol. The van der Waals surface area contributed by atoms with Crippen LogP contribution in [0.3, 0.4) is 0 Å². The van der Waals surface area contributed by atoms with E-state index in [9.17, 15) is 14.7 Å². The minimum Gasteiger partial charge on any atom is -0.839 e. The predicted octanol–water partition coefficient (Wildman–Crippen LogP) is 1.16. The average molecular weight is 536 g/mol. The maximum Gasteiger partial charge on any atom is 0.261 e. The van der Waals surface area contributed by atoms with Gasteiger partial charge in [0.05, 0.1) is 48.0 Å².